The highest BCUT2D eigenvalue weighted by atomic mass is 127. The normalized spacial score (nSPS) is 19.8. The third-order valence-corrected chi connectivity index (χ3v) is 3.78. The molecular weight excluding hydrogens is 446 g/mol. The van der Waals surface area contributed by atoms with Crippen molar-refractivity contribution in [2.24, 2.45) is 10.9 Å². The molecule has 1 aliphatic rings. The molecule has 1 saturated carbocycles. The fourth-order valence-electron chi connectivity index (χ4n) is 2.17. The average molecular weight is 471 g/mol. The van der Waals surface area contributed by atoms with Gasteiger partial charge in [-0.15, -0.1) is 24.0 Å². The fraction of sp³-hybridized carbons (Fsp3) is 0.625. The van der Waals surface area contributed by atoms with E-state index < -0.39 is 11.7 Å². The van der Waals surface area contributed by atoms with Gasteiger partial charge in [0.2, 0.25) is 0 Å². The maximum Gasteiger partial charge on any atom is 0.417 e. The molecule has 1 heterocycles. The number of hydrogen-bond donors (Lipinski definition) is 3. The summed E-state index contributed by atoms with van der Waals surface area (Å²) in [6.07, 6.45) is -1.58. The number of anilines is 1. The first-order valence-corrected chi connectivity index (χ1v) is 8.22. The summed E-state index contributed by atoms with van der Waals surface area (Å²) < 4.78 is 37.3. The maximum atomic E-state index is 12.4. The Morgan fingerprint density at radius 1 is 1.36 bits per heavy atom. The van der Waals surface area contributed by atoms with Gasteiger partial charge in [-0.25, -0.2) is 4.98 Å². The monoisotopic (exact) mass is 471 g/mol. The molecule has 0 bridgehead atoms. The topological polar surface area (TPSA) is 61.3 Å². The van der Waals surface area contributed by atoms with Crippen LogP contribution in [0.4, 0.5) is 19.0 Å². The predicted octanol–water partition coefficient (Wildman–Crippen LogP) is 3.48. The summed E-state index contributed by atoms with van der Waals surface area (Å²) in [6.45, 7) is 6.25. The van der Waals surface area contributed by atoms with Crippen LogP contribution in [0.1, 0.15) is 32.3 Å². The number of halogens is 4. The average Bonchev–Trinajstić information content (AvgIpc) is 3.21. The number of rotatable bonds is 7. The molecule has 2 rings (SSSR count). The minimum atomic E-state index is -4.35. The zero-order valence-electron chi connectivity index (χ0n) is 14.4. The molecule has 1 aromatic rings. The first-order chi connectivity index (χ1) is 11.4. The van der Waals surface area contributed by atoms with Crippen LogP contribution >= 0.6 is 24.0 Å². The first kappa shape index (κ1) is 21.8. The van der Waals surface area contributed by atoms with E-state index in [2.05, 4.69) is 32.9 Å². The van der Waals surface area contributed by atoms with E-state index in [0.29, 0.717) is 30.9 Å². The van der Waals surface area contributed by atoms with Crippen molar-refractivity contribution in [3.05, 3.63) is 23.9 Å². The molecule has 1 aromatic heterocycles. The Balaban J connectivity index is 0.00000312. The summed E-state index contributed by atoms with van der Waals surface area (Å²) in [5.74, 6) is 1.95. The van der Waals surface area contributed by atoms with Crippen molar-refractivity contribution in [1.29, 1.82) is 0 Å². The number of nitrogens with one attached hydrogen (secondary N) is 3. The largest absolute Gasteiger partial charge is 0.417 e. The smallest absolute Gasteiger partial charge is 0.370 e. The Morgan fingerprint density at radius 2 is 2.08 bits per heavy atom. The summed E-state index contributed by atoms with van der Waals surface area (Å²) >= 11 is 0. The molecule has 1 aliphatic carbocycles. The minimum absolute atomic E-state index is 0. The van der Waals surface area contributed by atoms with E-state index >= 15 is 0 Å². The Kier molecular flexibility index (Phi) is 8.74. The first-order valence-electron chi connectivity index (χ1n) is 8.22. The maximum absolute atomic E-state index is 12.4. The van der Waals surface area contributed by atoms with Crippen LogP contribution in [-0.4, -0.2) is 36.6 Å². The van der Waals surface area contributed by atoms with Gasteiger partial charge in [0.05, 0.1) is 5.56 Å². The minimum Gasteiger partial charge on any atom is -0.370 e. The van der Waals surface area contributed by atoms with E-state index in [0.717, 1.165) is 31.2 Å². The van der Waals surface area contributed by atoms with Crippen LogP contribution in [0.2, 0.25) is 0 Å². The van der Waals surface area contributed by atoms with E-state index in [-0.39, 0.29) is 24.0 Å². The molecule has 2 atom stereocenters. The van der Waals surface area contributed by atoms with Crippen molar-refractivity contribution in [3.8, 4) is 0 Å². The van der Waals surface area contributed by atoms with Gasteiger partial charge < -0.3 is 16.0 Å². The highest BCUT2D eigenvalue weighted by Crippen LogP contribution is 2.29. The number of pyridine rings is 1. The summed E-state index contributed by atoms with van der Waals surface area (Å²) in [5, 5.41) is 9.57. The van der Waals surface area contributed by atoms with Crippen molar-refractivity contribution in [1.82, 2.24) is 15.6 Å². The van der Waals surface area contributed by atoms with Gasteiger partial charge in [-0.3, -0.25) is 4.99 Å². The number of alkyl halides is 3. The molecule has 1 fully saturated rings. The van der Waals surface area contributed by atoms with E-state index in [1.165, 1.54) is 12.5 Å². The van der Waals surface area contributed by atoms with Crippen LogP contribution in [0.3, 0.4) is 0 Å². The molecular formula is C16H25F3IN5. The van der Waals surface area contributed by atoms with Crippen LogP contribution in [0, 0.1) is 5.92 Å². The van der Waals surface area contributed by atoms with Crippen molar-refractivity contribution in [2.45, 2.75) is 38.9 Å². The number of aromatic nitrogens is 1. The molecule has 3 N–H and O–H groups in total. The molecule has 0 spiro atoms. The molecule has 0 aliphatic heterocycles. The number of aliphatic imine (C=N–C) groups is 1. The fourth-order valence-corrected chi connectivity index (χ4v) is 2.17. The summed E-state index contributed by atoms with van der Waals surface area (Å²) in [4.78, 5) is 8.26. The molecule has 0 saturated heterocycles. The van der Waals surface area contributed by atoms with Gasteiger partial charge in [0.15, 0.2) is 5.96 Å². The zero-order chi connectivity index (χ0) is 17.6. The van der Waals surface area contributed by atoms with Crippen LogP contribution in [0.25, 0.3) is 0 Å². The summed E-state index contributed by atoms with van der Waals surface area (Å²) in [5.41, 5.74) is -0.742. The van der Waals surface area contributed by atoms with Crippen molar-refractivity contribution < 1.29 is 13.2 Å². The third kappa shape index (κ3) is 7.66. The van der Waals surface area contributed by atoms with Gasteiger partial charge in [0.25, 0.3) is 0 Å². The lowest BCUT2D eigenvalue weighted by molar-refractivity contribution is -0.137. The molecule has 0 amide bonds. The van der Waals surface area contributed by atoms with Crippen LogP contribution in [0.15, 0.2) is 23.3 Å². The third-order valence-electron chi connectivity index (χ3n) is 3.78. The van der Waals surface area contributed by atoms with E-state index in [1.807, 2.05) is 6.92 Å². The SMILES string of the molecule is CCNC(=NCCCNc1ccc(C(F)(F)F)cn1)NC1CC1C.I. The second-order valence-corrected chi connectivity index (χ2v) is 5.93. The van der Waals surface area contributed by atoms with Crippen molar-refractivity contribution in [2.75, 3.05) is 25.0 Å². The molecule has 9 heteroatoms. The zero-order valence-corrected chi connectivity index (χ0v) is 16.7. The molecule has 0 aromatic carbocycles. The van der Waals surface area contributed by atoms with Gasteiger partial charge in [-0.1, -0.05) is 6.92 Å². The van der Waals surface area contributed by atoms with Crippen molar-refractivity contribution >= 4 is 35.8 Å². The lowest BCUT2D eigenvalue weighted by Crippen LogP contribution is -2.39. The molecule has 5 nitrogen and oxygen atoms in total. The van der Waals surface area contributed by atoms with E-state index in [1.54, 1.807) is 0 Å². The second kappa shape index (κ2) is 10.0. The standard InChI is InChI=1S/C16H24F3N5.HI/c1-3-20-15(24-13-9-11(13)2)22-8-4-7-21-14-6-5-12(10-23-14)16(17,18)19;/h5-6,10-11,13H,3-4,7-9H2,1-2H3,(H,21,23)(H2,20,22,24);1H. The number of guanidine groups is 1. The van der Waals surface area contributed by atoms with Crippen LogP contribution < -0.4 is 16.0 Å². The lowest BCUT2D eigenvalue weighted by atomic mass is 10.3. The van der Waals surface area contributed by atoms with Gasteiger partial charge in [-0.05, 0) is 37.8 Å². The lowest BCUT2D eigenvalue weighted by Gasteiger charge is -2.11. The molecule has 25 heavy (non-hydrogen) atoms. The van der Waals surface area contributed by atoms with Crippen LogP contribution in [-0.2, 0) is 6.18 Å². The Labute approximate surface area is 163 Å². The predicted molar refractivity (Wildman–Crippen MR) is 104 cm³/mol. The summed E-state index contributed by atoms with van der Waals surface area (Å²) in [7, 11) is 0. The molecule has 2 unspecified atom stereocenters. The van der Waals surface area contributed by atoms with Gasteiger partial charge in [-0.2, -0.15) is 13.2 Å². The van der Waals surface area contributed by atoms with E-state index in [9.17, 15) is 13.2 Å². The highest BCUT2D eigenvalue weighted by Gasteiger charge is 2.33. The van der Waals surface area contributed by atoms with Crippen LogP contribution in [0.5, 0.6) is 0 Å². The Morgan fingerprint density at radius 3 is 2.60 bits per heavy atom. The Hall–Kier alpha value is -1.26. The quantitative estimate of drug-likeness (QED) is 0.247. The number of nitrogens with zero attached hydrogens (tertiary/aromatic N) is 2. The van der Waals surface area contributed by atoms with Gasteiger partial charge in [0, 0.05) is 31.9 Å². The van der Waals surface area contributed by atoms with E-state index in [4.69, 9.17) is 0 Å². The molecule has 0 radical (unpaired) electrons. The highest BCUT2D eigenvalue weighted by molar-refractivity contribution is 14.0. The van der Waals surface area contributed by atoms with Crippen molar-refractivity contribution in [3.63, 3.8) is 0 Å². The second-order valence-electron chi connectivity index (χ2n) is 5.93. The Bertz CT molecular complexity index is 548. The van der Waals surface area contributed by atoms with Gasteiger partial charge >= 0.3 is 6.18 Å². The molecule has 142 valence electrons. The number of hydrogen-bond acceptors (Lipinski definition) is 3. The summed E-state index contributed by atoms with van der Waals surface area (Å²) in [6, 6.07) is 2.88. The van der Waals surface area contributed by atoms with Gasteiger partial charge in [0.1, 0.15) is 5.82 Å².